The molecule has 0 radical (unpaired) electrons. The molecular formula is C15H21ClIN. The summed E-state index contributed by atoms with van der Waals surface area (Å²) in [5.74, 6) is 0.785. The Hall–Kier alpha value is 0.0400. The molecule has 0 bridgehead atoms. The molecule has 3 heteroatoms. The van der Waals surface area contributed by atoms with Gasteiger partial charge in [0.05, 0.1) is 10.7 Å². The maximum atomic E-state index is 6.26. The van der Waals surface area contributed by atoms with E-state index in [1.807, 2.05) is 12.1 Å². The molecule has 1 fully saturated rings. The van der Waals surface area contributed by atoms with Gasteiger partial charge < -0.3 is 5.32 Å². The Morgan fingerprint density at radius 2 is 2.06 bits per heavy atom. The van der Waals surface area contributed by atoms with Crippen molar-refractivity contribution in [1.82, 2.24) is 0 Å². The van der Waals surface area contributed by atoms with Gasteiger partial charge in [-0.1, -0.05) is 32.4 Å². The van der Waals surface area contributed by atoms with Crippen LogP contribution in [0.3, 0.4) is 0 Å². The molecule has 1 aliphatic carbocycles. The van der Waals surface area contributed by atoms with Crippen molar-refractivity contribution in [3.8, 4) is 0 Å². The van der Waals surface area contributed by atoms with Crippen LogP contribution in [0, 0.1) is 14.9 Å². The maximum absolute atomic E-state index is 6.26. The molecule has 0 amide bonds. The van der Waals surface area contributed by atoms with Gasteiger partial charge in [-0.15, -0.1) is 0 Å². The Balaban J connectivity index is 2.11. The van der Waals surface area contributed by atoms with Gasteiger partial charge in [-0.25, -0.2) is 0 Å². The summed E-state index contributed by atoms with van der Waals surface area (Å²) in [5, 5.41) is 4.46. The third-order valence-corrected chi connectivity index (χ3v) is 4.68. The van der Waals surface area contributed by atoms with Gasteiger partial charge in [-0.05, 0) is 71.4 Å². The molecule has 1 aromatic carbocycles. The fraction of sp³-hybridized carbons (Fsp3) is 0.600. The smallest absolute Gasteiger partial charge is 0.0638 e. The lowest BCUT2D eigenvalue weighted by atomic mass is 9.70. The zero-order chi connectivity index (χ0) is 13.3. The van der Waals surface area contributed by atoms with Crippen LogP contribution in [0.15, 0.2) is 18.2 Å². The van der Waals surface area contributed by atoms with E-state index in [9.17, 15) is 0 Å². The van der Waals surface area contributed by atoms with Gasteiger partial charge in [0.15, 0.2) is 0 Å². The van der Waals surface area contributed by atoms with Crippen LogP contribution < -0.4 is 5.32 Å². The Morgan fingerprint density at radius 3 is 2.72 bits per heavy atom. The second-order valence-electron chi connectivity index (χ2n) is 6.38. The molecule has 0 aromatic heterocycles. The van der Waals surface area contributed by atoms with Crippen LogP contribution >= 0.6 is 34.2 Å². The van der Waals surface area contributed by atoms with Crippen LogP contribution in [0.1, 0.15) is 40.0 Å². The number of anilines is 1. The van der Waals surface area contributed by atoms with Crippen LogP contribution in [0.5, 0.6) is 0 Å². The molecule has 100 valence electrons. The van der Waals surface area contributed by atoms with Gasteiger partial charge in [-0.3, -0.25) is 0 Å². The molecule has 1 saturated carbocycles. The largest absolute Gasteiger partial charge is 0.381 e. The number of halogens is 2. The Labute approximate surface area is 129 Å². The predicted octanol–water partition coefficient (Wildman–Crippen LogP) is 5.57. The van der Waals surface area contributed by atoms with Crippen molar-refractivity contribution >= 4 is 39.9 Å². The topological polar surface area (TPSA) is 12.0 Å². The van der Waals surface area contributed by atoms with Gasteiger partial charge in [-0.2, -0.15) is 0 Å². The summed E-state index contributed by atoms with van der Waals surface area (Å²) in [5.41, 5.74) is 1.52. The zero-order valence-electron chi connectivity index (χ0n) is 11.3. The van der Waals surface area contributed by atoms with E-state index in [1.165, 1.54) is 22.8 Å². The molecule has 1 nitrogen and oxygen atoms in total. The molecule has 2 unspecified atom stereocenters. The second-order valence-corrected chi connectivity index (χ2v) is 8.03. The number of nitrogens with one attached hydrogen (secondary N) is 1. The number of hydrogen-bond acceptors (Lipinski definition) is 1. The van der Waals surface area contributed by atoms with Gasteiger partial charge in [0.1, 0.15) is 0 Å². The van der Waals surface area contributed by atoms with Crippen molar-refractivity contribution in [3.63, 3.8) is 0 Å². The van der Waals surface area contributed by atoms with E-state index in [1.54, 1.807) is 0 Å². The molecule has 2 rings (SSSR count). The lowest BCUT2D eigenvalue weighted by molar-refractivity contribution is 0.178. The first-order valence-electron chi connectivity index (χ1n) is 6.57. The number of hydrogen-bond donors (Lipinski definition) is 1. The highest BCUT2D eigenvalue weighted by Crippen LogP contribution is 2.40. The summed E-state index contributed by atoms with van der Waals surface area (Å²) < 4.78 is 1.22. The molecule has 1 aliphatic rings. The molecule has 0 aliphatic heterocycles. The van der Waals surface area contributed by atoms with E-state index >= 15 is 0 Å². The highest BCUT2D eigenvalue weighted by molar-refractivity contribution is 14.1. The van der Waals surface area contributed by atoms with Crippen molar-refractivity contribution in [3.05, 3.63) is 26.8 Å². The van der Waals surface area contributed by atoms with Crippen molar-refractivity contribution in [2.24, 2.45) is 11.3 Å². The lowest BCUT2D eigenvalue weighted by Gasteiger charge is -2.39. The first-order valence-corrected chi connectivity index (χ1v) is 8.03. The van der Waals surface area contributed by atoms with Crippen molar-refractivity contribution in [2.45, 2.75) is 46.1 Å². The lowest BCUT2D eigenvalue weighted by Crippen LogP contribution is -2.35. The molecular weight excluding hydrogens is 357 g/mol. The van der Waals surface area contributed by atoms with Crippen molar-refractivity contribution < 1.29 is 0 Å². The molecule has 0 saturated heterocycles. The summed E-state index contributed by atoms with van der Waals surface area (Å²) in [6, 6.07) is 6.69. The normalized spacial score (nSPS) is 26.9. The van der Waals surface area contributed by atoms with E-state index < -0.39 is 0 Å². The third-order valence-electron chi connectivity index (χ3n) is 3.67. The summed E-state index contributed by atoms with van der Waals surface area (Å²) in [4.78, 5) is 0. The quantitative estimate of drug-likeness (QED) is 0.664. The van der Waals surface area contributed by atoms with E-state index in [0.717, 1.165) is 16.6 Å². The van der Waals surface area contributed by atoms with Gasteiger partial charge in [0.2, 0.25) is 0 Å². The van der Waals surface area contributed by atoms with Crippen molar-refractivity contribution in [1.29, 1.82) is 0 Å². The van der Waals surface area contributed by atoms with Crippen molar-refractivity contribution in [2.75, 3.05) is 5.32 Å². The maximum Gasteiger partial charge on any atom is 0.0638 e. The second kappa shape index (κ2) is 5.58. The SMILES string of the molecule is CC1CC(Nc2cc(I)ccc2Cl)CC(C)(C)C1. The van der Waals surface area contributed by atoms with Gasteiger partial charge in [0, 0.05) is 9.61 Å². The highest BCUT2D eigenvalue weighted by atomic mass is 127. The number of rotatable bonds is 2. The molecule has 0 heterocycles. The first-order chi connectivity index (χ1) is 8.35. The Morgan fingerprint density at radius 1 is 1.33 bits per heavy atom. The summed E-state index contributed by atoms with van der Waals surface area (Å²) in [6.45, 7) is 7.09. The van der Waals surface area contributed by atoms with E-state index in [0.29, 0.717) is 11.5 Å². The monoisotopic (exact) mass is 377 g/mol. The fourth-order valence-corrected chi connectivity index (χ4v) is 3.95. The van der Waals surface area contributed by atoms with Crippen LogP contribution in [0.2, 0.25) is 5.02 Å². The molecule has 0 spiro atoms. The Kier molecular flexibility index (Phi) is 4.48. The summed E-state index contributed by atoms with van der Waals surface area (Å²) in [6.07, 6.45) is 3.79. The van der Waals surface area contributed by atoms with E-state index in [-0.39, 0.29) is 0 Å². The minimum atomic E-state index is 0.434. The summed E-state index contributed by atoms with van der Waals surface area (Å²) >= 11 is 8.59. The van der Waals surface area contributed by atoms with Crippen LogP contribution in [0.25, 0.3) is 0 Å². The van der Waals surface area contributed by atoms with E-state index in [2.05, 4.69) is 54.7 Å². The zero-order valence-corrected chi connectivity index (χ0v) is 14.2. The van der Waals surface area contributed by atoms with Crippen LogP contribution in [0.4, 0.5) is 5.69 Å². The molecule has 1 aromatic rings. The van der Waals surface area contributed by atoms with Gasteiger partial charge >= 0.3 is 0 Å². The minimum absolute atomic E-state index is 0.434. The predicted molar refractivity (Wildman–Crippen MR) is 88.4 cm³/mol. The number of benzene rings is 1. The van der Waals surface area contributed by atoms with E-state index in [4.69, 9.17) is 11.6 Å². The standard InChI is InChI=1S/C15H21ClIN/c1-10-6-12(9-15(2,3)8-10)18-14-7-11(17)4-5-13(14)16/h4-5,7,10,12,18H,6,8-9H2,1-3H3. The molecule has 2 atom stereocenters. The van der Waals surface area contributed by atoms with Crippen LogP contribution in [-0.2, 0) is 0 Å². The first kappa shape index (κ1) is 14.4. The average molecular weight is 378 g/mol. The van der Waals surface area contributed by atoms with Crippen LogP contribution in [-0.4, -0.2) is 6.04 Å². The minimum Gasteiger partial charge on any atom is -0.381 e. The Bertz CT molecular complexity index is 431. The summed E-state index contributed by atoms with van der Waals surface area (Å²) in [7, 11) is 0. The third kappa shape index (κ3) is 3.77. The average Bonchev–Trinajstić information content (AvgIpc) is 2.20. The molecule has 18 heavy (non-hydrogen) atoms. The fourth-order valence-electron chi connectivity index (χ4n) is 3.28. The highest BCUT2D eigenvalue weighted by Gasteiger charge is 2.32. The molecule has 1 N–H and O–H groups in total. The van der Waals surface area contributed by atoms with Gasteiger partial charge in [0.25, 0.3) is 0 Å².